The molecule has 1 aliphatic rings. The van der Waals surface area contributed by atoms with E-state index in [1.807, 2.05) is 6.92 Å². The maximum atomic E-state index is 11.9. The Labute approximate surface area is 105 Å². The van der Waals surface area contributed by atoms with Crippen LogP contribution >= 0.6 is 11.3 Å². The molecule has 1 aliphatic carbocycles. The summed E-state index contributed by atoms with van der Waals surface area (Å²) in [6.07, 6.45) is 3.48. The zero-order valence-electron chi connectivity index (χ0n) is 9.98. The minimum absolute atomic E-state index is 0.0930. The summed E-state index contributed by atoms with van der Waals surface area (Å²) >= 11 is 1.39. The molecule has 4 nitrogen and oxygen atoms in total. The second-order valence-corrected chi connectivity index (χ2v) is 5.35. The van der Waals surface area contributed by atoms with Crippen molar-refractivity contribution in [1.82, 2.24) is 10.3 Å². The van der Waals surface area contributed by atoms with E-state index in [9.17, 15) is 9.90 Å². The molecule has 1 atom stereocenters. The number of thiazole rings is 1. The number of aromatic nitrogens is 1. The minimum Gasteiger partial charge on any atom is -0.391 e. The third kappa shape index (κ3) is 3.26. The quantitative estimate of drug-likeness (QED) is 0.815. The largest absolute Gasteiger partial charge is 0.391 e. The van der Waals surface area contributed by atoms with Gasteiger partial charge in [0.2, 0.25) is 0 Å². The van der Waals surface area contributed by atoms with Gasteiger partial charge in [0.25, 0.3) is 5.91 Å². The molecule has 1 aromatic rings. The molecule has 94 valence electrons. The van der Waals surface area contributed by atoms with Gasteiger partial charge in [0, 0.05) is 12.5 Å². The molecule has 1 saturated carbocycles. The normalized spacial score (nSPS) is 16.8. The van der Waals surface area contributed by atoms with E-state index in [4.69, 9.17) is 0 Å². The Morgan fingerprint density at radius 3 is 3.12 bits per heavy atom. The molecule has 0 aromatic carbocycles. The summed E-state index contributed by atoms with van der Waals surface area (Å²) in [5.74, 6) is 0.395. The van der Waals surface area contributed by atoms with E-state index in [0.29, 0.717) is 12.5 Å². The van der Waals surface area contributed by atoms with Crippen LogP contribution in [0.15, 0.2) is 5.51 Å². The summed E-state index contributed by atoms with van der Waals surface area (Å²) in [6.45, 7) is 2.34. The average Bonchev–Trinajstić information content (AvgIpc) is 3.04. The van der Waals surface area contributed by atoms with E-state index in [-0.39, 0.29) is 5.91 Å². The summed E-state index contributed by atoms with van der Waals surface area (Å²) in [4.78, 5) is 16.9. The van der Waals surface area contributed by atoms with Crippen LogP contribution in [0.5, 0.6) is 0 Å². The van der Waals surface area contributed by atoms with Crippen molar-refractivity contribution < 1.29 is 9.90 Å². The first kappa shape index (κ1) is 12.5. The van der Waals surface area contributed by atoms with Crippen LogP contribution in [0, 0.1) is 0 Å². The van der Waals surface area contributed by atoms with Gasteiger partial charge in [0.15, 0.2) is 0 Å². The summed E-state index contributed by atoms with van der Waals surface area (Å²) in [5.41, 5.74) is 2.67. The molecule has 1 unspecified atom stereocenters. The molecule has 1 aromatic heterocycles. The van der Waals surface area contributed by atoms with Crippen LogP contribution in [0.1, 0.15) is 53.9 Å². The molecule has 2 rings (SSSR count). The summed E-state index contributed by atoms with van der Waals surface area (Å²) in [5, 5.41) is 12.3. The number of aliphatic hydroxyl groups excluding tert-OH is 1. The van der Waals surface area contributed by atoms with Crippen molar-refractivity contribution in [3.63, 3.8) is 0 Å². The standard InChI is InChI=1S/C12H18N2O2S/c1-2-3-9(15)6-13-12(16)11-10(8-4-5-8)14-7-17-11/h7-9,15H,2-6H2,1H3,(H,13,16). The van der Waals surface area contributed by atoms with Crippen LogP contribution in [0.25, 0.3) is 0 Å². The Hall–Kier alpha value is -0.940. The van der Waals surface area contributed by atoms with Crippen molar-refractivity contribution in [2.75, 3.05) is 6.54 Å². The monoisotopic (exact) mass is 254 g/mol. The molecule has 0 saturated heterocycles. The molecule has 1 fully saturated rings. The molecule has 5 heteroatoms. The van der Waals surface area contributed by atoms with E-state index in [0.717, 1.165) is 36.3 Å². The van der Waals surface area contributed by atoms with Gasteiger partial charge in [-0.05, 0) is 19.3 Å². The van der Waals surface area contributed by atoms with E-state index in [2.05, 4.69) is 10.3 Å². The first-order chi connectivity index (χ1) is 8.22. The highest BCUT2D eigenvalue weighted by Crippen LogP contribution is 2.41. The zero-order valence-corrected chi connectivity index (χ0v) is 10.8. The van der Waals surface area contributed by atoms with Crippen LogP contribution in [0.4, 0.5) is 0 Å². The van der Waals surface area contributed by atoms with Gasteiger partial charge >= 0.3 is 0 Å². The minimum atomic E-state index is -0.443. The SMILES string of the molecule is CCCC(O)CNC(=O)c1scnc1C1CC1. The summed E-state index contributed by atoms with van der Waals surface area (Å²) in [6, 6.07) is 0. The first-order valence-electron chi connectivity index (χ1n) is 6.12. The molecule has 0 bridgehead atoms. The van der Waals surface area contributed by atoms with E-state index in [1.54, 1.807) is 5.51 Å². The number of carbonyl (C=O) groups is 1. The first-order valence-corrected chi connectivity index (χ1v) is 7.00. The maximum absolute atomic E-state index is 11.9. The van der Waals surface area contributed by atoms with Crippen LogP contribution < -0.4 is 5.32 Å². The van der Waals surface area contributed by atoms with Crippen molar-refractivity contribution in [2.24, 2.45) is 0 Å². The predicted octanol–water partition coefficient (Wildman–Crippen LogP) is 1.91. The van der Waals surface area contributed by atoms with Crippen molar-refractivity contribution in [3.8, 4) is 0 Å². The molecular formula is C12H18N2O2S. The highest BCUT2D eigenvalue weighted by molar-refractivity contribution is 7.11. The fourth-order valence-electron chi connectivity index (χ4n) is 1.80. The fraction of sp³-hybridized carbons (Fsp3) is 0.667. The smallest absolute Gasteiger partial charge is 0.263 e. The maximum Gasteiger partial charge on any atom is 0.263 e. The molecule has 2 N–H and O–H groups in total. The summed E-state index contributed by atoms with van der Waals surface area (Å²) in [7, 11) is 0. The highest BCUT2D eigenvalue weighted by atomic mass is 32.1. The molecule has 0 aliphatic heterocycles. The Balaban J connectivity index is 1.88. The second-order valence-electron chi connectivity index (χ2n) is 4.49. The predicted molar refractivity (Wildman–Crippen MR) is 67.3 cm³/mol. The van der Waals surface area contributed by atoms with Crippen LogP contribution in [0.2, 0.25) is 0 Å². The zero-order chi connectivity index (χ0) is 12.3. The lowest BCUT2D eigenvalue weighted by atomic mass is 10.2. The molecule has 1 amide bonds. The Morgan fingerprint density at radius 1 is 1.71 bits per heavy atom. The van der Waals surface area contributed by atoms with Crippen molar-refractivity contribution in [1.29, 1.82) is 0 Å². The van der Waals surface area contributed by atoms with E-state index in [1.165, 1.54) is 11.3 Å². The molecular weight excluding hydrogens is 236 g/mol. The average molecular weight is 254 g/mol. The van der Waals surface area contributed by atoms with Gasteiger partial charge in [-0.1, -0.05) is 13.3 Å². The fourth-order valence-corrected chi connectivity index (χ4v) is 2.59. The van der Waals surface area contributed by atoms with E-state index >= 15 is 0 Å². The van der Waals surface area contributed by atoms with Gasteiger partial charge in [0.05, 0.1) is 17.3 Å². The summed E-state index contributed by atoms with van der Waals surface area (Å²) < 4.78 is 0. The van der Waals surface area contributed by atoms with Gasteiger partial charge in [-0.25, -0.2) is 4.98 Å². The third-order valence-corrected chi connectivity index (χ3v) is 3.73. The van der Waals surface area contributed by atoms with Gasteiger partial charge in [-0.3, -0.25) is 4.79 Å². The van der Waals surface area contributed by atoms with E-state index < -0.39 is 6.10 Å². The number of rotatable bonds is 6. The van der Waals surface area contributed by atoms with Crippen molar-refractivity contribution in [3.05, 3.63) is 16.1 Å². The van der Waals surface area contributed by atoms with Gasteiger partial charge in [-0.2, -0.15) is 0 Å². The second kappa shape index (κ2) is 5.60. The van der Waals surface area contributed by atoms with Gasteiger partial charge < -0.3 is 10.4 Å². The number of aliphatic hydroxyl groups is 1. The number of amides is 1. The number of hydrogen-bond acceptors (Lipinski definition) is 4. The Bertz CT molecular complexity index is 388. The molecule has 1 heterocycles. The van der Waals surface area contributed by atoms with Crippen LogP contribution in [0.3, 0.4) is 0 Å². The molecule has 0 spiro atoms. The topological polar surface area (TPSA) is 62.2 Å². The van der Waals surface area contributed by atoms with Gasteiger partial charge in [-0.15, -0.1) is 11.3 Å². The number of nitrogens with one attached hydrogen (secondary N) is 1. The number of carbonyl (C=O) groups excluding carboxylic acids is 1. The van der Waals surface area contributed by atoms with Crippen LogP contribution in [-0.2, 0) is 0 Å². The number of hydrogen-bond donors (Lipinski definition) is 2. The molecule has 17 heavy (non-hydrogen) atoms. The number of nitrogens with zero attached hydrogens (tertiary/aromatic N) is 1. The Morgan fingerprint density at radius 2 is 2.47 bits per heavy atom. The highest BCUT2D eigenvalue weighted by Gasteiger charge is 2.30. The Kier molecular flexibility index (Phi) is 4.12. The van der Waals surface area contributed by atoms with Crippen molar-refractivity contribution in [2.45, 2.75) is 44.6 Å². The van der Waals surface area contributed by atoms with Crippen molar-refractivity contribution >= 4 is 17.2 Å². The van der Waals surface area contributed by atoms with Crippen LogP contribution in [-0.4, -0.2) is 28.6 Å². The lowest BCUT2D eigenvalue weighted by molar-refractivity contribution is 0.0913. The lowest BCUT2D eigenvalue weighted by Crippen LogP contribution is -2.32. The third-order valence-electron chi connectivity index (χ3n) is 2.89. The molecule has 0 radical (unpaired) electrons. The van der Waals surface area contributed by atoms with Gasteiger partial charge in [0.1, 0.15) is 4.88 Å². The lowest BCUT2D eigenvalue weighted by Gasteiger charge is -2.10.